The van der Waals surface area contributed by atoms with Crippen LogP contribution < -0.4 is 11.5 Å². The van der Waals surface area contributed by atoms with E-state index >= 15 is 0 Å². The molecule has 4 N–H and O–H groups in total. The Kier molecular flexibility index (Phi) is 6.53. The summed E-state index contributed by atoms with van der Waals surface area (Å²) in [6.45, 7) is 3.39. The minimum absolute atomic E-state index is 0.400. The Hall–Kier alpha value is 0.0569. The van der Waals surface area contributed by atoms with E-state index in [1.807, 2.05) is 0 Å². The number of hydrogen-bond donors (Lipinski definition) is 2. The van der Waals surface area contributed by atoms with E-state index in [1.54, 1.807) is 14.2 Å². The van der Waals surface area contributed by atoms with Crippen molar-refractivity contribution in [2.24, 2.45) is 11.5 Å². The first-order chi connectivity index (χ1) is 6.14. The molecule has 0 aliphatic carbocycles. The maximum Gasteiger partial charge on any atom is 0.337 e. The molecule has 5 heteroatoms. The van der Waals surface area contributed by atoms with Gasteiger partial charge in [-0.15, -0.1) is 0 Å². The van der Waals surface area contributed by atoms with E-state index in [9.17, 15) is 0 Å². The third-order valence-corrected chi connectivity index (χ3v) is 6.26. The van der Waals surface area contributed by atoms with Crippen molar-refractivity contribution in [2.75, 3.05) is 27.3 Å². The molecule has 0 radical (unpaired) electrons. The van der Waals surface area contributed by atoms with Gasteiger partial charge in [-0.05, 0) is 32.5 Å². The quantitative estimate of drug-likeness (QED) is 0.592. The van der Waals surface area contributed by atoms with Gasteiger partial charge in [0.2, 0.25) is 0 Å². The van der Waals surface area contributed by atoms with Crippen LogP contribution in [-0.2, 0) is 8.85 Å². The molecule has 4 nitrogen and oxygen atoms in total. The fourth-order valence-electron chi connectivity index (χ4n) is 1.49. The molecular formula is C8H22N2O2Si. The first kappa shape index (κ1) is 13.1. The Labute approximate surface area is 81.8 Å². The molecule has 0 bridgehead atoms. The van der Waals surface area contributed by atoms with Crippen molar-refractivity contribution >= 4 is 8.56 Å². The Morgan fingerprint density at radius 3 is 1.69 bits per heavy atom. The van der Waals surface area contributed by atoms with Gasteiger partial charge in [0, 0.05) is 19.8 Å². The van der Waals surface area contributed by atoms with Crippen LogP contribution in [0.4, 0.5) is 0 Å². The third kappa shape index (κ3) is 3.74. The van der Waals surface area contributed by atoms with Gasteiger partial charge in [-0.25, -0.2) is 0 Å². The number of nitrogens with two attached hydrogens (primary N) is 2. The molecule has 80 valence electrons. The molecule has 0 spiro atoms. The molecule has 0 fully saturated rings. The minimum atomic E-state index is -2.03. The van der Waals surface area contributed by atoms with Crippen molar-refractivity contribution in [3.63, 3.8) is 0 Å². The highest BCUT2D eigenvalue weighted by molar-refractivity contribution is 6.67. The van der Waals surface area contributed by atoms with Crippen molar-refractivity contribution < 1.29 is 8.85 Å². The summed E-state index contributed by atoms with van der Waals surface area (Å²) in [5, 5.41) is 0. The van der Waals surface area contributed by atoms with Crippen LogP contribution in [0.5, 0.6) is 0 Å². The van der Waals surface area contributed by atoms with Crippen LogP contribution in [-0.4, -0.2) is 35.9 Å². The smallest absolute Gasteiger partial charge is 0.337 e. The van der Waals surface area contributed by atoms with Crippen molar-refractivity contribution in [3.8, 4) is 0 Å². The van der Waals surface area contributed by atoms with E-state index in [2.05, 4.69) is 6.55 Å². The zero-order valence-electron chi connectivity index (χ0n) is 8.88. The minimum Gasteiger partial charge on any atom is -0.398 e. The Balaban J connectivity index is 4.28. The fraction of sp³-hybridized carbons (Fsp3) is 1.00. The summed E-state index contributed by atoms with van der Waals surface area (Å²) in [5.41, 5.74) is 11.5. The van der Waals surface area contributed by atoms with Crippen molar-refractivity contribution in [1.29, 1.82) is 0 Å². The Morgan fingerprint density at radius 2 is 1.46 bits per heavy atom. The summed E-state index contributed by atoms with van der Waals surface area (Å²) < 4.78 is 10.9. The summed E-state index contributed by atoms with van der Waals surface area (Å²) in [6.07, 6.45) is 1.86. The number of hydrogen-bond acceptors (Lipinski definition) is 4. The summed E-state index contributed by atoms with van der Waals surface area (Å²) in [6, 6.07) is 0. The summed E-state index contributed by atoms with van der Waals surface area (Å²) >= 11 is 0. The van der Waals surface area contributed by atoms with Crippen LogP contribution >= 0.6 is 0 Å². The predicted molar refractivity (Wildman–Crippen MR) is 56.7 cm³/mol. The molecule has 0 aliphatic heterocycles. The molecule has 0 unspecified atom stereocenters. The molecular weight excluding hydrogens is 184 g/mol. The van der Waals surface area contributed by atoms with Crippen molar-refractivity contribution in [2.45, 2.75) is 24.9 Å². The maximum absolute atomic E-state index is 5.54. The second kappa shape index (κ2) is 6.50. The van der Waals surface area contributed by atoms with E-state index in [0.29, 0.717) is 18.6 Å². The SMILES string of the molecule is CO[Si](C)(OC)C(CCN)CCN. The Morgan fingerprint density at radius 1 is 1.08 bits per heavy atom. The molecule has 0 aromatic heterocycles. The van der Waals surface area contributed by atoms with Crippen LogP contribution in [0.2, 0.25) is 12.1 Å². The lowest BCUT2D eigenvalue weighted by molar-refractivity contribution is 0.232. The van der Waals surface area contributed by atoms with E-state index in [0.717, 1.165) is 12.8 Å². The predicted octanol–water partition coefficient (Wildman–Crippen LogP) is 0.419. The lowest BCUT2D eigenvalue weighted by Gasteiger charge is -2.31. The summed E-state index contributed by atoms with van der Waals surface area (Å²) in [4.78, 5) is 0. The van der Waals surface area contributed by atoms with Crippen LogP contribution in [0.15, 0.2) is 0 Å². The van der Waals surface area contributed by atoms with Gasteiger partial charge < -0.3 is 20.3 Å². The van der Waals surface area contributed by atoms with E-state index in [1.165, 1.54) is 0 Å². The molecule has 0 heterocycles. The van der Waals surface area contributed by atoms with Gasteiger partial charge in [0.05, 0.1) is 0 Å². The first-order valence-corrected chi connectivity index (χ1v) is 7.04. The van der Waals surface area contributed by atoms with Gasteiger partial charge in [0.1, 0.15) is 0 Å². The molecule has 0 aromatic carbocycles. The zero-order valence-corrected chi connectivity index (χ0v) is 9.88. The van der Waals surface area contributed by atoms with Crippen LogP contribution in [0, 0.1) is 0 Å². The highest BCUT2D eigenvalue weighted by Crippen LogP contribution is 2.29. The zero-order chi connectivity index (χ0) is 10.3. The largest absolute Gasteiger partial charge is 0.398 e. The molecule has 0 rings (SSSR count). The van der Waals surface area contributed by atoms with Crippen LogP contribution in [0.25, 0.3) is 0 Å². The third-order valence-electron chi connectivity index (χ3n) is 2.58. The van der Waals surface area contributed by atoms with Crippen molar-refractivity contribution in [1.82, 2.24) is 0 Å². The molecule has 0 saturated heterocycles. The number of rotatable bonds is 7. The lowest BCUT2D eigenvalue weighted by Crippen LogP contribution is -2.43. The molecule has 0 saturated carbocycles. The monoisotopic (exact) mass is 206 g/mol. The molecule has 0 atom stereocenters. The summed E-state index contributed by atoms with van der Waals surface area (Å²) in [5.74, 6) is 0. The highest BCUT2D eigenvalue weighted by atomic mass is 28.4. The van der Waals surface area contributed by atoms with E-state index in [4.69, 9.17) is 20.3 Å². The molecule has 0 amide bonds. The summed E-state index contributed by atoms with van der Waals surface area (Å²) in [7, 11) is 1.38. The van der Waals surface area contributed by atoms with Crippen LogP contribution in [0.3, 0.4) is 0 Å². The lowest BCUT2D eigenvalue weighted by atomic mass is 10.2. The first-order valence-electron chi connectivity index (χ1n) is 4.65. The van der Waals surface area contributed by atoms with E-state index in [-0.39, 0.29) is 0 Å². The van der Waals surface area contributed by atoms with Crippen molar-refractivity contribution in [3.05, 3.63) is 0 Å². The van der Waals surface area contributed by atoms with Gasteiger partial charge in [-0.1, -0.05) is 0 Å². The molecule has 13 heavy (non-hydrogen) atoms. The van der Waals surface area contributed by atoms with Crippen LogP contribution in [0.1, 0.15) is 12.8 Å². The normalized spacial score (nSPS) is 12.5. The average molecular weight is 206 g/mol. The van der Waals surface area contributed by atoms with E-state index < -0.39 is 8.56 Å². The van der Waals surface area contributed by atoms with Gasteiger partial charge in [-0.2, -0.15) is 0 Å². The average Bonchev–Trinajstić information content (AvgIpc) is 2.16. The second-order valence-corrected chi connectivity index (χ2v) is 6.94. The highest BCUT2D eigenvalue weighted by Gasteiger charge is 2.38. The topological polar surface area (TPSA) is 70.5 Å². The maximum atomic E-state index is 5.54. The molecule has 0 aromatic rings. The second-order valence-electron chi connectivity index (χ2n) is 3.28. The van der Waals surface area contributed by atoms with Gasteiger partial charge in [-0.3, -0.25) is 0 Å². The van der Waals surface area contributed by atoms with Gasteiger partial charge >= 0.3 is 8.56 Å². The fourth-order valence-corrected chi connectivity index (χ4v) is 3.70. The Bertz CT molecular complexity index is 125. The van der Waals surface area contributed by atoms with Gasteiger partial charge in [0.15, 0.2) is 0 Å². The molecule has 0 aliphatic rings. The van der Waals surface area contributed by atoms with Gasteiger partial charge in [0.25, 0.3) is 0 Å². The standard InChI is InChI=1S/C8H22N2O2Si/c1-11-13(3,12-2)8(4-6-9)5-7-10/h8H,4-7,9-10H2,1-3H3.